The number of nitrogens with zero attached hydrogens (tertiary/aromatic N) is 1. The standard InChI is InChI=1S/C34H27ClF3N3O4/c1-3-21-9-8-13-25-29(24-12-5-6-14-26(24)35)31(40-30(21)25)32(42)41-39-19-20-15-16-27(28(17-20)44-4-2)45-33(43)22-10-7-11-23(18-22)34(36,37)38/h5-19,40H,3-4H2,1-2H3,(H,41,42). The van der Waals surface area contributed by atoms with Crippen LogP contribution in [0.5, 0.6) is 11.5 Å². The summed E-state index contributed by atoms with van der Waals surface area (Å²) in [5, 5.41) is 5.46. The second kappa shape index (κ2) is 13.3. The van der Waals surface area contributed by atoms with E-state index in [1.165, 1.54) is 24.4 Å². The smallest absolute Gasteiger partial charge is 0.416 e. The number of fused-ring (bicyclic) bond motifs is 1. The Labute approximate surface area is 261 Å². The van der Waals surface area contributed by atoms with E-state index in [0.717, 1.165) is 41.1 Å². The number of H-pyrrole nitrogens is 1. The lowest BCUT2D eigenvalue weighted by Crippen LogP contribution is -2.19. The summed E-state index contributed by atoms with van der Waals surface area (Å²) >= 11 is 6.53. The van der Waals surface area contributed by atoms with Gasteiger partial charge in [0, 0.05) is 27.1 Å². The van der Waals surface area contributed by atoms with Crippen molar-refractivity contribution < 1.29 is 32.2 Å². The molecule has 5 rings (SSSR count). The predicted molar refractivity (Wildman–Crippen MR) is 167 cm³/mol. The third-order valence-corrected chi connectivity index (χ3v) is 7.28. The maximum Gasteiger partial charge on any atom is 0.416 e. The van der Waals surface area contributed by atoms with Gasteiger partial charge in [-0.1, -0.05) is 61.0 Å². The highest BCUT2D eigenvalue weighted by Crippen LogP contribution is 2.38. The number of para-hydroxylation sites is 1. The number of carbonyl (C=O) groups excluding carboxylic acids is 2. The number of rotatable bonds is 9. The molecule has 230 valence electrons. The van der Waals surface area contributed by atoms with Gasteiger partial charge in [0.25, 0.3) is 5.91 Å². The molecule has 4 aromatic carbocycles. The zero-order chi connectivity index (χ0) is 32.1. The summed E-state index contributed by atoms with van der Waals surface area (Å²) in [6, 6.07) is 21.6. The fourth-order valence-corrected chi connectivity index (χ4v) is 5.08. The second-order valence-electron chi connectivity index (χ2n) is 9.85. The van der Waals surface area contributed by atoms with Crippen LogP contribution in [0, 0.1) is 0 Å². The summed E-state index contributed by atoms with van der Waals surface area (Å²) in [6.45, 7) is 3.97. The molecule has 1 aromatic heterocycles. The van der Waals surface area contributed by atoms with Crippen LogP contribution in [0.2, 0.25) is 5.02 Å². The monoisotopic (exact) mass is 633 g/mol. The number of alkyl halides is 3. The Bertz CT molecular complexity index is 1920. The van der Waals surface area contributed by atoms with Crippen molar-refractivity contribution in [2.24, 2.45) is 5.10 Å². The first-order valence-corrected chi connectivity index (χ1v) is 14.4. The second-order valence-corrected chi connectivity index (χ2v) is 10.3. The molecule has 0 radical (unpaired) electrons. The number of nitrogens with one attached hydrogen (secondary N) is 2. The van der Waals surface area contributed by atoms with Gasteiger partial charge in [0.1, 0.15) is 5.69 Å². The number of carbonyl (C=O) groups is 2. The highest BCUT2D eigenvalue weighted by atomic mass is 35.5. The predicted octanol–water partition coefficient (Wildman–Crippen LogP) is 8.45. The minimum absolute atomic E-state index is 0.00892. The Hall–Kier alpha value is -5.09. The number of hydrogen-bond acceptors (Lipinski definition) is 5. The van der Waals surface area contributed by atoms with Gasteiger partial charge in [-0.15, -0.1) is 0 Å². The Morgan fingerprint density at radius 1 is 0.956 bits per heavy atom. The summed E-state index contributed by atoms with van der Waals surface area (Å²) in [5.41, 5.74) is 5.34. The molecule has 0 spiro atoms. The number of esters is 1. The van der Waals surface area contributed by atoms with Crippen molar-refractivity contribution in [2.75, 3.05) is 6.61 Å². The highest BCUT2D eigenvalue weighted by molar-refractivity contribution is 6.34. The van der Waals surface area contributed by atoms with E-state index in [-0.39, 0.29) is 23.7 Å². The topological polar surface area (TPSA) is 92.8 Å². The summed E-state index contributed by atoms with van der Waals surface area (Å²) < 4.78 is 50.2. The van der Waals surface area contributed by atoms with E-state index in [0.29, 0.717) is 27.4 Å². The number of aromatic amines is 1. The average Bonchev–Trinajstić information content (AvgIpc) is 3.42. The van der Waals surface area contributed by atoms with Crippen molar-refractivity contribution in [1.82, 2.24) is 10.4 Å². The Balaban J connectivity index is 1.38. The van der Waals surface area contributed by atoms with Crippen LogP contribution in [0.3, 0.4) is 0 Å². The normalized spacial score (nSPS) is 11.6. The molecule has 0 fully saturated rings. The van der Waals surface area contributed by atoms with Crippen molar-refractivity contribution in [3.8, 4) is 22.6 Å². The van der Waals surface area contributed by atoms with E-state index in [4.69, 9.17) is 21.1 Å². The van der Waals surface area contributed by atoms with E-state index in [2.05, 4.69) is 15.5 Å². The molecule has 0 aliphatic rings. The van der Waals surface area contributed by atoms with Crippen LogP contribution < -0.4 is 14.9 Å². The largest absolute Gasteiger partial charge is 0.490 e. The van der Waals surface area contributed by atoms with Crippen LogP contribution in [-0.4, -0.2) is 29.7 Å². The number of hydrazone groups is 1. The van der Waals surface area contributed by atoms with Gasteiger partial charge in [-0.3, -0.25) is 4.79 Å². The van der Waals surface area contributed by atoms with Crippen LogP contribution in [-0.2, 0) is 12.6 Å². The quantitative estimate of drug-likeness (QED) is 0.0737. The first-order chi connectivity index (χ1) is 21.6. The zero-order valence-electron chi connectivity index (χ0n) is 24.2. The van der Waals surface area contributed by atoms with Crippen LogP contribution in [0.15, 0.2) is 90.0 Å². The molecule has 45 heavy (non-hydrogen) atoms. The molecule has 0 aliphatic carbocycles. The van der Waals surface area contributed by atoms with Crippen molar-refractivity contribution in [1.29, 1.82) is 0 Å². The van der Waals surface area contributed by atoms with Crippen molar-refractivity contribution in [3.05, 3.63) is 118 Å². The molecule has 0 atom stereocenters. The van der Waals surface area contributed by atoms with Crippen LogP contribution in [0.4, 0.5) is 13.2 Å². The third-order valence-electron chi connectivity index (χ3n) is 6.95. The molecule has 7 nitrogen and oxygen atoms in total. The molecule has 0 unspecified atom stereocenters. The Morgan fingerprint density at radius 2 is 1.73 bits per heavy atom. The van der Waals surface area contributed by atoms with E-state index in [9.17, 15) is 22.8 Å². The van der Waals surface area contributed by atoms with Gasteiger partial charge < -0.3 is 14.5 Å². The third kappa shape index (κ3) is 6.86. The van der Waals surface area contributed by atoms with Crippen LogP contribution >= 0.6 is 11.6 Å². The van der Waals surface area contributed by atoms with Gasteiger partial charge in [-0.05, 0) is 66.9 Å². The highest BCUT2D eigenvalue weighted by Gasteiger charge is 2.31. The molecule has 0 saturated carbocycles. The number of benzene rings is 4. The van der Waals surface area contributed by atoms with Gasteiger partial charge in [0.15, 0.2) is 11.5 Å². The summed E-state index contributed by atoms with van der Waals surface area (Å²) in [5.74, 6) is -1.29. The Kier molecular flexibility index (Phi) is 9.24. The first kappa shape index (κ1) is 31.3. The average molecular weight is 634 g/mol. The minimum atomic E-state index is -4.61. The lowest BCUT2D eigenvalue weighted by Gasteiger charge is -2.12. The van der Waals surface area contributed by atoms with E-state index < -0.39 is 23.6 Å². The number of ether oxygens (including phenoxy) is 2. The van der Waals surface area contributed by atoms with Crippen molar-refractivity contribution in [3.63, 3.8) is 0 Å². The Morgan fingerprint density at radius 3 is 2.47 bits per heavy atom. The molecule has 0 aliphatic heterocycles. The van der Waals surface area contributed by atoms with Gasteiger partial charge in [-0.25, -0.2) is 10.2 Å². The molecular weight excluding hydrogens is 607 g/mol. The number of hydrogen-bond donors (Lipinski definition) is 2. The van der Waals surface area contributed by atoms with Crippen LogP contribution in [0.1, 0.15) is 51.4 Å². The van der Waals surface area contributed by atoms with Gasteiger partial charge in [0.2, 0.25) is 0 Å². The number of aryl methyl sites for hydroxylation is 1. The zero-order valence-corrected chi connectivity index (χ0v) is 24.9. The van der Waals surface area contributed by atoms with Gasteiger partial charge >= 0.3 is 12.1 Å². The number of amides is 1. The summed E-state index contributed by atoms with van der Waals surface area (Å²) in [6.07, 6.45) is -2.47. The maximum atomic E-state index is 13.4. The minimum Gasteiger partial charge on any atom is -0.490 e. The SMILES string of the molecule is CCOc1cc(C=NNC(=O)c2[nH]c3c(CC)cccc3c2-c2ccccc2Cl)ccc1OC(=O)c1cccc(C(F)(F)F)c1. The lowest BCUT2D eigenvalue weighted by atomic mass is 9.99. The van der Waals surface area contributed by atoms with Crippen LogP contribution in [0.25, 0.3) is 22.0 Å². The summed E-state index contributed by atoms with van der Waals surface area (Å²) in [4.78, 5) is 29.3. The van der Waals surface area contributed by atoms with Gasteiger partial charge in [0.05, 0.1) is 23.9 Å². The van der Waals surface area contributed by atoms with E-state index >= 15 is 0 Å². The van der Waals surface area contributed by atoms with E-state index in [1.54, 1.807) is 19.1 Å². The fraction of sp³-hybridized carbons (Fsp3) is 0.147. The number of aromatic nitrogens is 1. The molecule has 0 saturated heterocycles. The van der Waals surface area contributed by atoms with Crippen molar-refractivity contribution >= 4 is 40.6 Å². The molecule has 0 bridgehead atoms. The molecule has 11 heteroatoms. The van der Waals surface area contributed by atoms with Crippen molar-refractivity contribution in [2.45, 2.75) is 26.4 Å². The molecular formula is C34H27ClF3N3O4. The summed E-state index contributed by atoms with van der Waals surface area (Å²) in [7, 11) is 0. The molecule has 1 heterocycles. The first-order valence-electron chi connectivity index (χ1n) is 14.0. The number of halogens is 4. The maximum absolute atomic E-state index is 13.4. The fourth-order valence-electron chi connectivity index (χ4n) is 4.85. The molecule has 2 N–H and O–H groups in total. The molecule has 5 aromatic rings. The lowest BCUT2D eigenvalue weighted by molar-refractivity contribution is -0.137. The van der Waals surface area contributed by atoms with E-state index in [1.807, 2.05) is 43.3 Å². The van der Waals surface area contributed by atoms with Gasteiger partial charge in [-0.2, -0.15) is 18.3 Å². The molecule has 1 amide bonds.